The van der Waals surface area contributed by atoms with Gasteiger partial charge in [0.25, 0.3) is 0 Å². The minimum atomic E-state index is -0.854. The van der Waals surface area contributed by atoms with E-state index in [1.165, 1.54) is 4.90 Å². The van der Waals surface area contributed by atoms with Crippen molar-refractivity contribution in [3.05, 3.63) is 0 Å². The second kappa shape index (κ2) is 6.89. The number of hydrogen-bond acceptors (Lipinski definition) is 4. The number of nitriles is 1. The van der Waals surface area contributed by atoms with Gasteiger partial charge < -0.3 is 9.64 Å². The molecule has 0 bridgehead atoms. The molecule has 0 aromatic heterocycles. The largest absolute Gasteiger partial charge is 0.459 e. The van der Waals surface area contributed by atoms with Gasteiger partial charge in [0.15, 0.2) is 0 Å². The highest BCUT2D eigenvalue weighted by Crippen LogP contribution is 1.94. The predicted molar refractivity (Wildman–Crippen MR) is 49.1 cm³/mol. The van der Waals surface area contributed by atoms with Crippen molar-refractivity contribution in [2.45, 2.75) is 20.3 Å². The van der Waals surface area contributed by atoms with Crippen LogP contribution in [-0.2, 0) is 14.3 Å². The summed E-state index contributed by atoms with van der Waals surface area (Å²) in [6.45, 7) is 4.23. The maximum atomic E-state index is 11.3. The monoisotopic (exact) mass is 198 g/mol. The van der Waals surface area contributed by atoms with E-state index in [2.05, 4.69) is 4.74 Å². The summed E-state index contributed by atoms with van der Waals surface area (Å²) in [7, 11) is 0. The summed E-state index contributed by atoms with van der Waals surface area (Å²) in [6, 6.07) is 1.91. The number of likely N-dealkylation sites (N-methyl/N-ethyl adjacent to an activating group) is 1. The predicted octanol–water partition coefficient (Wildman–Crippen LogP) is 0.312. The molecule has 5 nitrogen and oxygen atoms in total. The fourth-order valence-electron chi connectivity index (χ4n) is 0.910. The lowest BCUT2D eigenvalue weighted by atomic mass is 10.4. The molecule has 0 atom stereocenters. The molecule has 0 aliphatic heterocycles. The summed E-state index contributed by atoms with van der Waals surface area (Å²) >= 11 is 0. The van der Waals surface area contributed by atoms with Gasteiger partial charge in [-0.05, 0) is 13.8 Å². The molecule has 14 heavy (non-hydrogen) atoms. The summed E-state index contributed by atoms with van der Waals surface area (Å²) in [5, 5.41) is 8.33. The molecular weight excluding hydrogens is 184 g/mol. The first-order chi connectivity index (χ1) is 6.67. The van der Waals surface area contributed by atoms with Crippen molar-refractivity contribution in [1.82, 2.24) is 4.90 Å². The van der Waals surface area contributed by atoms with Crippen LogP contribution in [0.1, 0.15) is 20.3 Å². The van der Waals surface area contributed by atoms with Crippen molar-refractivity contribution >= 4 is 11.9 Å². The summed E-state index contributed by atoms with van der Waals surface area (Å²) in [4.78, 5) is 23.6. The van der Waals surface area contributed by atoms with Gasteiger partial charge >= 0.3 is 11.9 Å². The van der Waals surface area contributed by atoms with Crippen LogP contribution in [0.2, 0.25) is 0 Å². The van der Waals surface area contributed by atoms with Crippen LogP contribution in [0.25, 0.3) is 0 Å². The van der Waals surface area contributed by atoms with Crippen LogP contribution >= 0.6 is 0 Å². The van der Waals surface area contributed by atoms with E-state index in [-0.39, 0.29) is 19.6 Å². The first kappa shape index (κ1) is 12.4. The molecule has 0 saturated heterocycles. The lowest BCUT2D eigenvalue weighted by Gasteiger charge is -2.17. The average Bonchev–Trinajstić information content (AvgIpc) is 2.19. The Hall–Kier alpha value is -1.57. The Balaban J connectivity index is 4.17. The Morgan fingerprint density at radius 2 is 2.07 bits per heavy atom. The smallest absolute Gasteiger partial charge is 0.397 e. The molecule has 0 aliphatic rings. The van der Waals surface area contributed by atoms with Gasteiger partial charge in [-0.1, -0.05) is 0 Å². The third-order valence-corrected chi connectivity index (χ3v) is 1.61. The van der Waals surface area contributed by atoms with Crippen LogP contribution in [0, 0.1) is 11.3 Å². The first-order valence-corrected chi connectivity index (χ1v) is 4.50. The molecule has 78 valence electrons. The van der Waals surface area contributed by atoms with E-state index in [4.69, 9.17) is 5.26 Å². The average molecular weight is 198 g/mol. The van der Waals surface area contributed by atoms with Gasteiger partial charge in [-0.25, -0.2) is 4.79 Å². The molecule has 0 saturated carbocycles. The lowest BCUT2D eigenvalue weighted by Crippen LogP contribution is -2.38. The molecule has 1 amide bonds. The second-order valence-corrected chi connectivity index (χ2v) is 2.51. The number of amides is 1. The normalized spacial score (nSPS) is 8.93. The molecule has 0 N–H and O–H groups in total. The van der Waals surface area contributed by atoms with E-state index in [1.807, 2.05) is 6.07 Å². The van der Waals surface area contributed by atoms with Gasteiger partial charge in [0.2, 0.25) is 0 Å². The number of hydrogen-bond donors (Lipinski definition) is 0. The summed E-state index contributed by atoms with van der Waals surface area (Å²) in [5.74, 6) is -1.53. The zero-order valence-electron chi connectivity index (χ0n) is 8.45. The number of carbonyl (C=O) groups excluding carboxylic acids is 2. The van der Waals surface area contributed by atoms with Gasteiger partial charge in [0.1, 0.15) is 0 Å². The molecule has 0 heterocycles. The van der Waals surface area contributed by atoms with Crippen molar-refractivity contribution in [3.63, 3.8) is 0 Å². The van der Waals surface area contributed by atoms with Crippen LogP contribution in [0.15, 0.2) is 0 Å². The zero-order valence-corrected chi connectivity index (χ0v) is 8.45. The maximum Gasteiger partial charge on any atom is 0.397 e. The van der Waals surface area contributed by atoms with Gasteiger partial charge in [-0.15, -0.1) is 0 Å². The Bertz CT molecular complexity index is 245. The van der Waals surface area contributed by atoms with E-state index in [1.54, 1.807) is 13.8 Å². The fourth-order valence-corrected chi connectivity index (χ4v) is 0.910. The second-order valence-electron chi connectivity index (χ2n) is 2.51. The van der Waals surface area contributed by atoms with E-state index in [9.17, 15) is 9.59 Å². The highest BCUT2D eigenvalue weighted by atomic mass is 16.5. The van der Waals surface area contributed by atoms with Gasteiger partial charge in [-0.3, -0.25) is 4.79 Å². The standard InChI is InChI=1S/C9H14N2O3/c1-3-11(7-5-6-10)8(12)9(13)14-4-2/h3-5,7H2,1-2H3. The molecule has 0 aromatic rings. The number of rotatable bonds is 4. The van der Waals surface area contributed by atoms with Crippen LogP contribution in [0.3, 0.4) is 0 Å². The van der Waals surface area contributed by atoms with Crippen molar-refractivity contribution in [3.8, 4) is 6.07 Å². The highest BCUT2D eigenvalue weighted by molar-refractivity contribution is 6.32. The molecule has 5 heteroatoms. The van der Waals surface area contributed by atoms with E-state index in [0.717, 1.165) is 0 Å². The van der Waals surface area contributed by atoms with Crippen molar-refractivity contribution < 1.29 is 14.3 Å². The van der Waals surface area contributed by atoms with Crippen molar-refractivity contribution in [1.29, 1.82) is 5.26 Å². The van der Waals surface area contributed by atoms with Crippen molar-refractivity contribution in [2.24, 2.45) is 0 Å². The minimum Gasteiger partial charge on any atom is -0.459 e. The number of esters is 1. The van der Waals surface area contributed by atoms with Gasteiger partial charge in [-0.2, -0.15) is 5.26 Å². The first-order valence-electron chi connectivity index (χ1n) is 4.50. The molecule has 0 unspecified atom stereocenters. The van der Waals surface area contributed by atoms with Crippen molar-refractivity contribution in [2.75, 3.05) is 19.7 Å². The van der Waals surface area contributed by atoms with E-state index < -0.39 is 11.9 Å². The number of carbonyl (C=O) groups is 2. The maximum absolute atomic E-state index is 11.3. The highest BCUT2D eigenvalue weighted by Gasteiger charge is 2.20. The van der Waals surface area contributed by atoms with E-state index >= 15 is 0 Å². The summed E-state index contributed by atoms with van der Waals surface area (Å²) < 4.78 is 4.55. The molecule has 0 rings (SSSR count). The lowest BCUT2D eigenvalue weighted by molar-refractivity contribution is -0.159. The third kappa shape index (κ3) is 3.90. The molecular formula is C9H14N2O3. The Labute approximate surface area is 83.2 Å². The van der Waals surface area contributed by atoms with Gasteiger partial charge in [0.05, 0.1) is 19.1 Å². The zero-order chi connectivity index (χ0) is 11.0. The molecule has 0 spiro atoms. The molecule has 0 radical (unpaired) electrons. The van der Waals surface area contributed by atoms with E-state index in [0.29, 0.717) is 6.54 Å². The van der Waals surface area contributed by atoms with Crippen LogP contribution < -0.4 is 0 Å². The third-order valence-electron chi connectivity index (χ3n) is 1.61. The quantitative estimate of drug-likeness (QED) is 0.481. The molecule has 0 fully saturated rings. The fraction of sp³-hybridized carbons (Fsp3) is 0.667. The van der Waals surface area contributed by atoms with Crippen LogP contribution in [-0.4, -0.2) is 36.5 Å². The van der Waals surface area contributed by atoms with Gasteiger partial charge in [0, 0.05) is 13.1 Å². The minimum absolute atomic E-state index is 0.181. The number of nitrogens with zero attached hydrogens (tertiary/aromatic N) is 2. The number of ether oxygens (including phenoxy) is 1. The molecule has 0 aromatic carbocycles. The Morgan fingerprint density at radius 1 is 1.43 bits per heavy atom. The van der Waals surface area contributed by atoms with Crippen LogP contribution in [0.4, 0.5) is 0 Å². The topological polar surface area (TPSA) is 70.4 Å². The Morgan fingerprint density at radius 3 is 2.50 bits per heavy atom. The summed E-state index contributed by atoms with van der Waals surface area (Å²) in [5.41, 5.74) is 0. The SMILES string of the molecule is CCOC(=O)C(=O)N(CC)CCC#N. The Kier molecular flexibility index (Phi) is 6.12. The van der Waals surface area contributed by atoms with Crippen LogP contribution in [0.5, 0.6) is 0 Å². The molecule has 0 aliphatic carbocycles. The summed E-state index contributed by atoms with van der Waals surface area (Å²) in [6.07, 6.45) is 0.221.